The van der Waals surface area contributed by atoms with Crippen LogP contribution in [0.25, 0.3) is 0 Å². The average Bonchev–Trinajstić information content (AvgIpc) is 3.31. The second kappa shape index (κ2) is 8.43. The van der Waals surface area contributed by atoms with Crippen molar-refractivity contribution in [1.29, 1.82) is 0 Å². The van der Waals surface area contributed by atoms with E-state index < -0.39 is 6.10 Å². The molecular formula is C20H20ClNO3S. The highest BCUT2D eigenvalue weighted by Gasteiger charge is 2.24. The lowest BCUT2D eigenvalue weighted by molar-refractivity contribution is -0.139. The third-order valence-electron chi connectivity index (χ3n) is 3.96. The van der Waals surface area contributed by atoms with Crippen molar-refractivity contribution in [1.82, 2.24) is 4.90 Å². The predicted octanol–water partition coefficient (Wildman–Crippen LogP) is 5.30. The lowest BCUT2D eigenvalue weighted by Crippen LogP contribution is -2.39. The smallest absolute Gasteiger partial charge is 0.264 e. The topological polar surface area (TPSA) is 42.7 Å². The van der Waals surface area contributed by atoms with Gasteiger partial charge >= 0.3 is 0 Å². The lowest BCUT2D eigenvalue weighted by atomic mass is 10.2. The molecule has 0 aliphatic heterocycles. The minimum atomic E-state index is -0.620. The molecule has 0 saturated carbocycles. The summed E-state index contributed by atoms with van der Waals surface area (Å²) in [5, 5.41) is 2.68. The number of ether oxygens (including phenoxy) is 1. The summed E-state index contributed by atoms with van der Waals surface area (Å²) in [6.45, 7) is 4.58. The lowest BCUT2D eigenvalue weighted by Gasteiger charge is -2.25. The van der Waals surface area contributed by atoms with Crippen molar-refractivity contribution < 1.29 is 13.9 Å². The molecule has 3 aromatic rings. The molecular weight excluding hydrogens is 370 g/mol. The molecule has 0 aliphatic rings. The summed E-state index contributed by atoms with van der Waals surface area (Å²) in [6.07, 6.45) is 0.991. The molecule has 1 unspecified atom stereocenters. The first-order valence-corrected chi connectivity index (χ1v) is 9.55. The summed E-state index contributed by atoms with van der Waals surface area (Å²) in [5.41, 5.74) is 0.912. The number of amides is 1. The number of hydrogen-bond acceptors (Lipinski definition) is 4. The Labute approximate surface area is 162 Å². The Kier molecular flexibility index (Phi) is 6.01. The molecule has 0 radical (unpaired) electrons. The van der Waals surface area contributed by atoms with Crippen LogP contribution in [0.5, 0.6) is 5.75 Å². The molecule has 1 amide bonds. The summed E-state index contributed by atoms with van der Waals surface area (Å²) < 4.78 is 11.3. The van der Waals surface area contributed by atoms with E-state index in [1.54, 1.807) is 41.6 Å². The zero-order chi connectivity index (χ0) is 18.5. The first-order valence-electron chi connectivity index (χ1n) is 8.29. The van der Waals surface area contributed by atoms with Crippen molar-refractivity contribution in [3.05, 3.63) is 75.3 Å². The Bertz CT molecular complexity index is 810. The van der Waals surface area contributed by atoms with Crippen LogP contribution in [0.3, 0.4) is 0 Å². The molecule has 0 spiro atoms. The quantitative estimate of drug-likeness (QED) is 0.550. The van der Waals surface area contributed by atoms with Gasteiger partial charge in [0.25, 0.3) is 5.91 Å². The van der Waals surface area contributed by atoms with Gasteiger partial charge in [-0.2, -0.15) is 0 Å². The van der Waals surface area contributed by atoms with Crippen LogP contribution in [0.4, 0.5) is 0 Å². The SMILES string of the molecule is Cc1cc(OC(C)C(=O)N(Cc2ccco2)Cc2cccs2)ccc1Cl. The van der Waals surface area contributed by atoms with Gasteiger partial charge in [-0.15, -0.1) is 11.3 Å². The van der Waals surface area contributed by atoms with E-state index in [1.807, 2.05) is 42.6 Å². The molecule has 136 valence electrons. The number of halogens is 1. The fourth-order valence-electron chi connectivity index (χ4n) is 2.60. The molecule has 0 fully saturated rings. The van der Waals surface area contributed by atoms with E-state index >= 15 is 0 Å². The minimum absolute atomic E-state index is 0.0950. The largest absolute Gasteiger partial charge is 0.481 e. The van der Waals surface area contributed by atoms with Crippen LogP contribution >= 0.6 is 22.9 Å². The summed E-state index contributed by atoms with van der Waals surface area (Å²) in [7, 11) is 0. The highest BCUT2D eigenvalue weighted by Crippen LogP contribution is 2.23. The van der Waals surface area contributed by atoms with Gasteiger partial charge in [0.15, 0.2) is 6.10 Å². The van der Waals surface area contributed by atoms with E-state index in [0.717, 1.165) is 16.2 Å². The van der Waals surface area contributed by atoms with E-state index in [0.29, 0.717) is 23.9 Å². The van der Waals surface area contributed by atoms with Crippen LogP contribution in [0.1, 0.15) is 23.1 Å². The van der Waals surface area contributed by atoms with Crippen LogP contribution in [-0.2, 0) is 17.9 Å². The van der Waals surface area contributed by atoms with Gasteiger partial charge in [0, 0.05) is 9.90 Å². The van der Waals surface area contributed by atoms with E-state index in [-0.39, 0.29) is 5.91 Å². The normalized spacial score (nSPS) is 12.0. The van der Waals surface area contributed by atoms with E-state index in [2.05, 4.69) is 0 Å². The van der Waals surface area contributed by atoms with Crippen LogP contribution in [-0.4, -0.2) is 16.9 Å². The second-order valence-corrected chi connectivity index (χ2v) is 7.46. The maximum atomic E-state index is 13.0. The van der Waals surface area contributed by atoms with Crippen molar-refractivity contribution in [3.8, 4) is 5.75 Å². The molecule has 2 heterocycles. The highest BCUT2D eigenvalue weighted by atomic mass is 35.5. The number of rotatable bonds is 7. The van der Waals surface area contributed by atoms with Crippen LogP contribution < -0.4 is 4.74 Å². The Balaban J connectivity index is 1.73. The van der Waals surface area contributed by atoms with Gasteiger partial charge in [-0.25, -0.2) is 0 Å². The second-order valence-electron chi connectivity index (χ2n) is 6.02. The van der Waals surface area contributed by atoms with E-state index in [9.17, 15) is 4.79 Å². The number of carbonyl (C=O) groups excluding carboxylic acids is 1. The number of furan rings is 1. The number of benzene rings is 1. The standard InChI is InChI=1S/C20H20ClNO3S/c1-14-11-16(7-8-19(14)21)25-15(2)20(23)22(12-17-5-3-9-24-17)13-18-6-4-10-26-18/h3-11,15H,12-13H2,1-2H3. The third-order valence-corrected chi connectivity index (χ3v) is 5.24. The van der Waals surface area contributed by atoms with Crippen LogP contribution in [0, 0.1) is 6.92 Å². The number of nitrogens with zero attached hydrogens (tertiary/aromatic N) is 1. The fraction of sp³-hybridized carbons (Fsp3) is 0.250. The monoisotopic (exact) mass is 389 g/mol. The van der Waals surface area contributed by atoms with Crippen molar-refractivity contribution in [2.45, 2.75) is 33.0 Å². The number of hydrogen-bond donors (Lipinski definition) is 0. The van der Waals surface area contributed by atoms with Crippen molar-refractivity contribution in [2.75, 3.05) is 0 Å². The van der Waals surface area contributed by atoms with Gasteiger partial charge in [-0.05, 0) is 61.2 Å². The Morgan fingerprint density at radius 3 is 2.77 bits per heavy atom. The molecule has 1 aromatic carbocycles. The molecule has 26 heavy (non-hydrogen) atoms. The summed E-state index contributed by atoms with van der Waals surface area (Å²) in [5.74, 6) is 1.27. The van der Waals surface area contributed by atoms with E-state index in [1.165, 1.54) is 0 Å². The van der Waals surface area contributed by atoms with Gasteiger partial charge in [-0.1, -0.05) is 17.7 Å². The maximum Gasteiger partial charge on any atom is 0.264 e. The summed E-state index contributed by atoms with van der Waals surface area (Å²) in [6, 6.07) is 13.1. The van der Waals surface area contributed by atoms with Crippen molar-refractivity contribution in [3.63, 3.8) is 0 Å². The average molecular weight is 390 g/mol. The molecule has 2 aromatic heterocycles. The third kappa shape index (κ3) is 4.68. The van der Waals surface area contributed by atoms with Gasteiger partial charge in [-0.3, -0.25) is 4.79 Å². The zero-order valence-corrected chi connectivity index (χ0v) is 16.2. The molecule has 4 nitrogen and oxygen atoms in total. The highest BCUT2D eigenvalue weighted by molar-refractivity contribution is 7.09. The van der Waals surface area contributed by atoms with Gasteiger partial charge in [0.05, 0.1) is 19.4 Å². The molecule has 6 heteroatoms. The minimum Gasteiger partial charge on any atom is -0.481 e. The molecule has 0 N–H and O–H groups in total. The van der Waals surface area contributed by atoms with Crippen molar-refractivity contribution >= 4 is 28.8 Å². The molecule has 0 saturated heterocycles. The Morgan fingerprint density at radius 2 is 2.12 bits per heavy atom. The van der Waals surface area contributed by atoms with E-state index in [4.69, 9.17) is 20.8 Å². The molecule has 1 atom stereocenters. The van der Waals surface area contributed by atoms with Crippen LogP contribution in [0.2, 0.25) is 5.02 Å². The molecule has 0 aliphatic carbocycles. The predicted molar refractivity (Wildman–Crippen MR) is 104 cm³/mol. The Morgan fingerprint density at radius 1 is 1.27 bits per heavy atom. The Hall–Kier alpha value is -2.24. The first kappa shape index (κ1) is 18.5. The number of carbonyl (C=O) groups is 1. The molecule has 0 bridgehead atoms. The van der Waals surface area contributed by atoms with Crippen molar-refractivity contribution in [2.24, 2.45) is 0 Å². The molecule has 3 rings (SSSR count). The zero-order valence-electron chi connectivity index (χ0n) is 14.6. The summed E-state index contributed by atoms with van der Waals surface area (Å²) >= 11 is 7.67. The first-order chi connectivity index (χ1) is 12.5. The number of aryl methyl sites for hydroxylation is 1. The fourth-order valence-corrected chi connectivity index (χ4v) is 3.43. The van der Waals surface area contributed by atoms with Crippen LogP contribution in [0.15, 0.2) is 58.5 Å². The van der Waals surface area contributed by atoms with Gasteiger partial charge in [0.2, 0.25) is 0 Å². The maximum absolute atomic E-state index is 13.0. The summed E-state index contributed by atoms with van der Waals surface area (Å²) in [4.78, 5) is 15.8. The number of thiophene rings is 1. The van der Waals surface area contributed by atoms with Gasteiger partial charge < -0.3 is 14.1 Å². The van der Waals surface area contributed by atoms with Gasteiger partial charge in [0.1, 0.15) is 11.5 Å².